The number of halogens is 1. The summed E-state index contributed by atoms with van der Waals surface area (Å²) in [5.41, 5.74) is 4.32. The third-order valence-corrected chi connectivity index (χ3v) is 6.23. The molecule has 3 aromatic carbocycles. The number of carbonyl (C=O) groups is 2. The molecular formula is C30H27FN4O3. The van der Waals surface area contributed by atoms with Gasteiger partial charge in [-0.05, 0) is 74.3 Å². The van der Waals surface area contributed by atoms with Crippen LogP contribution in [0, 0.1) is 5.82 Å². The molecule has 1 aliphatic rings. The van der Waals surface area contributed by atoms with E-state index in [4.69, 9.17) is 4.42 Å². The van der Waals surface area contributed by atoms with Gasteiger partial charge in [0.25, 0.3) is 11.8 Å². The second-order valence-corrected chi connectivity index (χ2v) is 9.17. The molecule has 1 aliphatic heterocycles. The second kappa shape index (κ2) is 10.7. The number of anilines is 3. The van der Waals surface area contributed by atoms with Crippen molar-refractivity contribution in [2.45, 2.75) is 0 Å². The monoisotopic (exact) mass is 510 g/mol. The first-order valence-electron chi connectivity index (χ1n) is 12.2. The lowest BCUT2D eigenvalue weighted by atomic mass is 10.00. The van der Waals surface area contributed by atoms with E-state index in [1.165, 1.54) is 18.4 Å². The highest BCUT2D eigenvalue weighted by atomic mass is 19.1. The Hall–Kier alpha value is -4.69. The first-order valence-corrected chi connectivity index (χ1v) is 12.2. The predicted molar refractivity (Wildman–Crippen MR) is 147 cm³/mol. The molecule has 38 heavy (non-hydrogen) atoms. The fraction of sp³-hybridized carbons (Fsp3) is 0.133. The summed E-state index contributed by atoms with van der Waals surface area (Å²) in [5, 5.41) is 6.15. The summed E-state index contributed by atoms with van der Waals surface area (Å²) in [7, 11) is 3.90. The van der Waals surface area contributed by atoms with Crippen molar-refractivity contribution in [2.24, 2.45) is 0 Å². The topological polar surface area (TPSA) is 77.8 Å². The zero-order valence-electron chi connectivity index (χ0n) is 21.1. The Morgan fingerprint density at radius 1 is 0.947 bits per heavy atom. The molecule has 0 atom stereocenters. The van der Waals surface area contributed by atoms with Crippen LogP contribution in [0.15, 0.2) is 95.6 Å². The standard InChI is InChI=1S/C30H27FN4O3/c1-34(2)16-17-35(30(37)26-9-6-18-38-26)23-13-11-22(12-14-23)32-28(20-7-4-3-5-8-20)27-24-15-10-21(31)19-25(24)33-29(27)36/h3-15,18-19,32H,16-17H2,1-2H3,(H,33,36)/b28-27-. The van der Waals surface area contributed by atoms with Gasteiger partial charge in [-0.3, -0.25) is 9.59 Å². The molecule has 8 heteroatoms. The van der Waals surface area contributed by atoms with Crippen LogP contribution in [0.1, 0.15) is 21.7 Å². The first-order chi connectivity index (χ1) is 18.4. The number of hydrogen-bond acceptors (Lipinski definition) is 5. The van der Waals surface area contributed by atoms with Gasteiger partial charge in [0.15, 0.2) is 5.76 Å². The third-order valence-electron chi connectivity index (χ3n) is 6.23. The van der Waals surface area contributed by atoms with Crippen LogP contribution in [-0.4, -0.2) is 43.9 Å². The molecular weight excluding hydrogens is 483 g/mol. The number of benzene rings is 3. The van der Waals surface area contributed by atoms with Crippen LogP contribution in [0.25, 0.3) is 11.3 Å². The van der Waals surface area contributed by atoms with Crippen LogP contribution < -0.4 is 15.5 Å². The molecule has 1 aromatic heterocycles. The van der Waals surface area contributed by atoms with Crippen molar-refractivity contribution in [1.82, 2.24) is 4.90 Å². The van der Waals surface area contributed by atoms with Gasteiger partial charge in [0.2, 0.25) is 0 Å². The van der Waals surface area contributed by atoms with E-state index in [9.17, 15) is 14.0 Å². The first kappa shape index (κ1) is 25.0. The fourth-order valence-electron chi connectivity index (χ4n) is 4.33. The molecule has 0 bridgehead atoms. The van der Waals surface area contributed by atoms with Crippen molar-refractivity contribution in [2.75, 3.05) is 42.7 Å². The van der Waals surface area contributed by atoms with Crippen LogP contribution in [0.3, 0.4) is 0 Å². The normalized spacial score (nSPS) is 13.7. The molecule has 0 saturated carbocycles. The SMILES string of the molecule is CN(C)CCN(C(=O)c1ccco1)c1ccc(N/C(=C2\C(=O)Nc3cc(F)ccc32)c2ccccc2)cc1. The molecule has 0 saturated heterocycles. The number of likely N-dealkylation sites (N-methyl/N-ethyl adjacent to an activating group) is 1. The van der Waals surface area contributed by atoms with E-state index in [1.54, 1.807) is 23.1 Å². The van der Waals surface area contributed by atoms with Gasteiger partial charge in [-0.25, -0.2) is 4.39 Å². The maximum atomic E-state index is 13.8. The van der Waals surface area contributed by atoms with Gasteiger partial charge in [-0.1, -0.05) is 30.3 Å². The highest BCUT2D eigenvalue weighted by molar-refractivity contribution is 6.37. The summed E-state index contributed by atoms with van der Waals surface area (Å²) < 4.78 is 19.2. The molecule has 0 fully saturated rings. The Morgan fingerprint density at radius 2 is 1.71 bits per heavy atom. The highest BCUT2D eigenvalue weighted by Crippen LogP contribution is 2.38. The summed E-state index contributed by atoms with van der Waals surface area (Å²) in [6.07, 6.45) is 1.48. The van der Waals surface area contributed by atoms with E-state index in [2.05, 4.69) is 10.6 Å². The average Bonchev–Trinajstić information content (AvgIpc) is 3.56. The van der Waals surface area contributed by atoms with Gasteiger partial charge in [-0.15, -0.1) is 0 Å². The van der Waals surface area contributed by atoms with Gasteiger partial charge >= 0.3 is 0 Å². The van der Waals surface area contributed by atoms with Gasteiger partial charge in [0.05, 0.1) is 23.2 Å². The van der Waals surface area contributed by atoms with Crippen LogP contribution in [0.2, 0.25) is 0 Å². The van der Waals surface area contributed by atoms with E-state index >= 15 is 0 Å². The molecule has 0 radical (unpaired) electrons. The van der Waals surface area contributed by atoms with E-state index in [-0.39, 0.29) is 17.6 Å². The summed E-state index contributed by atoms with van der Waals surface area (Å²) in [4.78, 5) is 29.8. The van der Waals surface area contributed by atoms with Gasteiger partial charge in [0, 0.05) is 30.0 Å². The average molecular weight is 511 g/mol. The zero-order valence-corrected chi connectivity index (χ0v) is 21.1. The van der Waals surface area contributed by atoms with Gasteiger partial charge < -0.3 is 24.9 Å². The zero-order chi connectivity index (χ0) is 26.6. The Labute approximate surface area is 220 Å². The van der Waals surface area contributed by atoms with Crippen LogP contribution in [0.5, 0.6) is 0 Å². The number of nitrogens with zero attached hydrogens (tertiary/aromatic N) is 2. The lowest BCUT2D eigenvalue weighted by molar-refractivity contribution is -0.110. The van der Waals surface area contributed by atoms with Crippen molar-refractivity contribution >= 4 is 40.1 Å². The number of nitrogens with one attached hydrogen (secondary N) is 2. The van der Waals surface area contributed by atoms with Crippen molar-refractivity contribution in [3.63, 3.8) is 0 Å². The quantitative estimate of drug-likeness (QED) is 0.304. The van der Waals surface area contributed by atoms with Crippen molar-refractivity contribution in [3.8, 4) is 0 Å². The Kier molecular flexibility index (Phi) is 7.06. The molecule has 7 nitrogen and oxygen atoms in total. The molecule has 2 heterocycles. The highest BCUT2D eigenvalue weighted by Gasteiger charge is 2.29. The Morgan fingerprint density at radius 3 is 2.39 bits per heavy atom. The maximum absolute atomic E-state index is 13.8. The van der Waals surface area contributed by atoms with E-state index < -0.39 is 5.82 Å². The molecule has 5 rings (SSSR count). The largest absolute Gasteiger partial charge is 0.459 e. The third kappa shape index (κ3) is 5.21. The fourth-order valence-corrected chi connectivity index (χ4v) is 4.33. The van der Waals surface area contributed by atoms with Gasteiger partial charge in [0.1, 0.15) is 5.82 Å². The second-order valence-electron chi connectivity index (χ2n) is 9.17. The maximum Gasteiger partial charge on any atom is 0.293 e. The van der Waals surface area contributed by atoms with Crippen LogP contribution in [0.4, 0.5) is 21.5 Å². The number of amides is 2. The number of carbonyl (C=O) groups excluding carboxylic acids is 2. The minimum Gasteiger partial charge on any atom is -0.459 e. The van der Waals surface area contributed by atoms with Crippen molar-refractivity contribution < 1.29 is 18.4 Å². The van der Waals surface area contributed by atoms with E-state index in [1.807, 2.05) is 73.6 Å². The number of hydrogen-bond donors (Lipinski definition) is 2. The molecule has 2 amide bonds. The summed E-state index contributed by atoms with van der Waals surface area (Å²) in [6.45, 7) is 1.15. The number of furan rings is 1. The van der Waals surface area contributed by atoms with Crippen LogP contribution >= 0.6 is 0 Å². The number of rotatable bonds is 8. The minimum absolute atomic E-state index is 0.226. The molecule has 2 N–H and O–H groups in total. The van der Waals surface area contributed by atoms with Crippen molar-refractivity contribution in [1.29, 1.82) is 0 Å². The summed E-state index contributed by atoms with van der Waals surface area (Å²) in [6, 6.07) is 24.5. The van der Waals surface area contributed by atoms with Crippen LogP contribution in [-0.2, 0) is 4.79 Å². The van der Waals surface area contributed by atoms with E-state index in [0.717, 1.165) is 11.3 Å². The molecule has 192 valence electrons. The molecule has 0 spiro atoms. The summed E-state index contributed by atoms with van der Waals surface area (Å²) >= 11 is 0. The molecule has 4 aromatic rings. The molecule has 0 aliphatic carbocycles. The van der Waals surface area contributed by atoms with Gasteiger partial charge in [-0.2, -0.15) is 0 Å². The lowest BCUT2D eigenvalue weighted by Crippen LogP contribution is -2.36. The number of fused-ring (bicyclic) bond motifs is 1. The Bertz CT molecular complexity index is 1480. The predicted octanol–water partition coefficient (Wildman–Crippen LogP) is 5.56. The van der Waals surface area contributed by atoms with E-state index in [0.29, 0.717) is 41.3 Å². The summed E-state index contributed by atoms with van der Waals surface area (Å²) in [5.74, 6) is -0.689. The lowest BCUT2D eigenvalue weighted by Gasteiger charge is -2.24. The Balaban J connectivity index is 1.49. The smallest absolute Gasteiger partial charge is 0.293 e. The molecule has 0 unspecified atom stereocenters. The van der Waals surface area contributed by atoms with Crippen molar-refractivity contribution in [3.05, 3.63) is 114 Å². The minimum atomic E-state index is -0.418.